The maximum atomic E-state index is 4.39. The van der Waals surface area contributed by atoms with E-state index in [1.54, 1.807) is 0 Å². The van der Waals surface area contributed by atoms with Crippen LogP contribution in [0.2, 0.25) is 0 Å². The first kappa shape index (κ1) is 13.4. The molecule has 2 nitrogen and oxygen atoms in total. The van der Waals surface area contributed by atoms with Crippen LogP contribution in [0, 0.1) is 0 Å². The summed E-state index contributed by atoms with van der Waals surface area (Å²) in [4.78, 5) is 4.39. The zero-order chi connectivity index (χ0) is 11.8. The van der Waals surface area contributed by atoms with Gasteiger partial charge in [-0.25, -0.2) is 0 Å². The third kappa shape index (κ3) is 4.90. The van der Waals surface area contributed by atoms with Crippen molar-refractivity contribution >= 4 is 15.9 Å². The highest BCUT2D eigenvalue weighted by molar-refractivity contribution is 9.10. The summed E-state index contributed by atoms with van der Waals surface area (Å²) in [6.07, 6.45) is 6.91. The van der Waals surface area contributed by atoms with Crippen LogP contribution in [-0.4, -0.2) is 17.6 Å². The number of hydrogen-bond acceptors (Lipinski definition) is 2. The summed E-state index contributed by atoms with van der Waals surface area (Å²) in [5, 5.41) is 3.51. The van der Waals surface area contributed by atoms with Crippen LogP contribution in [0.1, 0.15) is 25.5 Å². The molecular weight excluding hydrogens is 264 g/mol. The normalized spacial score (nSPS) is 12.4. The van der Waals surface area contributed by atoms with E-state index in [0.717, 1.165) is 36.0 Å². The van der Waals surface area contributed by atoms with Crippen molar-refractivity contribution in [2.24, 2.45) is 0 Å². The van der Waals surface area contributed by atoms with Gasteiger partial charge in [0, 0.05) is 28.8 Å². The smallest absolute Gasteiger partial charge is 0.0420 e. The molecule has 3 heteroatoms. The number of rotatable bonds is 7. The van der Waals surface area contributed by atoms with Crippen LogP contribution in [0.25, 0.3) is 0 Å². The zero-order valence-corrected chi connectivity index (χ0v) is 11.3. The summed E-state index contributed by atoms with van der Waals surface area (Å²) in [5.74, 6) is 0. The molecule has 16 heavy (non-hydrogen) atoms. The molecule has 0 aliphatic heterocycles. The standard InChI is InChI=1S/C13H19BrN2/c1-3-5-12(15-8-4-2)9-13-7-6-11(14)10-16-13/h3,6-7,10,12,15H,1,4-5,8-9H2,2H3. The molecule has 0 spiro atoms. The minimum atomic E-state index is 0.450. The maximum absolute atomic E-state index is 4.39. The fraction of sp³-hybridized carbons (Fsp3) is 0.462. The average Bonchev–Trinajstić information content (AvgIpc) is 2.29. The molecule has 0 radical (unpaired) electrons. The van der Waals surface area contributed by atoms with E-state index in [4.69, 9.17) is 0 Å². The lowest BCUT2D eigenvalue weighted by atomic mass is 10.1. The second kappa shape index (κ2) is 7.58. The predicted octanol–water partition coefficient (Wildman–Crippen LogP) is 3.33. The molecule has 0 aliphatic carbocycles. The van der Waals surface area contributed by atoms with Crippen molar-refractivity contribution in [3.63, 3.8) is 0 Å². The second-order valence-corrected chi connectivity index (χ2v) is 4.76. The van der Waals surface area contributed by atoms with Crippen LogP contribution < -0.4 is 5.32 Å². The van der Waals surface area contributed by atoms with Gasteiger partial charge >= 0.3 is 0 Å². The molecule has 1 heterocycles. The molecule has 88 valence electrons. The molecular formula is C13H19BrN2. The Bertz CT molecular complexity index is 308. The Balaban J connectivity index is 2.52. The maximum Gasteiger partial charge on any atom is 0.0420 e. The van der Waals surface area contributed by atoms with Gasteiger partial charge in [0.25, 0.3) is 0 Å². The summed E-state index contributed by atoms with van der Waals surface area (Å²) >= 11 is 3.39. The summed E-state index contributed by atoms with van der Waals surface area (Å²) in [6, 6.07) is 4.55. The molecule has 0 amide bonds. The van der Waals surface area contributed by atoms with E-state index in [1.807, 2.05) is 18.3 Å². The van der Waals surface area contributed by atoms with Crippen molar-refractivity contribution in [3.8, 4) is 0 Å². The SMILES string of the molecule is C=CCC(Cc1ccc(Br)cn1)NCCC. The Morgan fingerprint density at radius 1 is 1.56 bits per heavy atom. The number of nitrogens with zero attached hydrogens (tertiary/aromatic N) is 1. The fourth-order valence-corrected chi connectivity index (χ4v) is 1.80. The Labute approximate surface area is 106 Å². The van der Waals surface area contributed by atoms with Gasteiger partial charge in [0.15, 0.2) is 0 Å². The molecule has 1 N–H and O–H groups in total. The molecule has 0 saturated heterocycles. The van der Waals surface area contributed by atoms with Gasteiger partial charge in [0.05, 0.1) is 0 Å². The molecule has 1 rings (SSSR count). The van der Waals surface area contributed by atoms with E-state index in [9.17, 15) is 0 Å². The van der Waals surface area contributed by atoms with Crippen molar-refractivity contribution in [1.29, 1.82) is 0 Å². The first-order valence-electron chi connectivity index (χ1n) is 5.71. The van der Waals surface area contributed by atoms with Crippen molar-refractivity contribution in [2.75, 3.05) is 6.54 Å². The lowest BCUT2D eigenvalue weighted by Gasteiger charge is -2.16. The topological polar surface area (TPSA) is 24.9 Å². The van der Waals surface area contributed by atoms with Crippen LogP contribution in [0.4, 0.5) is 0 Å². The minimum Gasteiger partial charge on any atom is -0.313 e. The number of halogens is 1. The minimum absolute atomic E-state index is 0.450. The largest absolute Gasteiger partial charge is 0.313 e. The van der Waals surface area contributed by atoms with E-state index in [0.29, 0.717) is 6.04 Å². The van der Waals surface area contributed by atoms with Crippen LogP contribution >= 0.6 is 15.9 Å². The quantitative estimate of drug-likeness (QED) is 0.776. The summed E-state index contributed by atoms with van der Waals surface area (Å²) < 4.78 is 1.03. The third-order valence-electron chi connectivity index (χ3n) is 2.38. The van der Waals surface area contributed by atoms with Crippen LogP contribution in [0.5, 0.6) is 0 Å². The van der Waals surface area contributed by atoms with Crippen molar-refractivity contribution < 1.29 is 0 Å². The lowest BCUT2D eigenvalue weighted by molar-refractivity contribution is 0.507. The monoisotopic (exact) mass is 282 g/mol. The molecule has 1 aromatic rings. The number of nitrogens with one attached hydrogen (secondary N) is 1. The molecule has 0 fully saturated rings. The van der Waals surface area contributed by atoms with E-state index in [2.05, 4.69) is 45.8 Å². The Morgan fingerprint density at radius 3 is 2.94 bits per heavy atom. The number of aromatic nitrogens is 1. The van der Waals surface area contributed by atoms with Gasteiger partial charge in [-0.3, -0.25) is 4.98 Å². The van der Waals surface area contributed by atoms with E-state index in [-0.39, 0.29) is 0 Å². The van der Waals surface area contributed by atoms with Crippen LogP contribution in [-0.2, 0) is 6.42 Å². The summed E-state index contributed by atoms with van der Waals surface area (Å²) in [5.41, 5.74) is 1.12. The molecule has 0 aromatic carbocycles. The highest BCUT2D eigenvalue weighted by Crippen LogP contribution is 2.10. The highest BCUT2D eigenvalue weighted by atomic mass is 79.9. The highest BCUT2D eigenvalue weighted by Gasteiger charge is 2.07. The van der Waals surface area contributed by atoms with Crippen molar-refractivity contribution in [1.82, 2.24) is 10.3 Å². The molecule has 0 saturated carbocycles. The van der Waals surface area contributed by atoms with Gasteiger partial charge in [-0.1, -0.05) is 13.0 Å². The second-order valence-electron chi connectivity index (χ2n) is 3.85. The van der Waals surface area contributed by atoms with Gasteiger partial charge in [-0.2, -0.15) is 0 Å². The Morgan fingerprint density at radius 2 is 2.38 bits per heavy atom. The van der Waals surface area contributed by atoms with Gasteiger partial charge in [0.2, 0.25) is 0 Å². The molecule has 1 unspecified atom stereocenters. The lowest BCUT2D eigenvalue weighted by Crippen LogP contribution is -2.31. The number of pyridine rings is 1. The molecule has 1 aromatic heterocycles. The fourth-order valence-electron chi connectivity index (χ4n) is 1.57. The van der Waals surface area contributed by atoms with E-state index < -0.39 is 0 Å². The first-order chi connectivity index (χ1) is 7.76. The molecule has 0 aliphatic rings. The van der Waals surface area contributed by atoms with Gasteiger partial charge in [-0.15, -0.1) is 6.58 Å². The summed E-state index contributed by atoms with van der Waals surface area (Å²) in [7, 11) is 0. The van der Waals surface area contributed by atoms with Crippen molar-refractivity contribution in [3.05, 3.63) is 41.2 Å². The van der Waals surface area contributed by atoms with Gasteiger partial charge < -0.3 is 5.32 Å². The van der Waals surface area contributed by atoms with Gasteiger partial charge in [-0.05, 0) is 47.4 Å². The third-order valence-corrected chi connectivity index (χ3v) is 2.85. The Hall–Kier alpha value is -0.670. The van der Waals surface area contributed by atoms with E-state index in [1.165, 1.54) is 0 Å². The van der Waals surface area contributed by atoms with E-state index >= 15 is 0 Å². The van der Waals surface area contributed by atoms with Crippen LogP contribution in [0.3, 0.4) is 0 Å². The average molecular weight is 283 g/mol. The predicted molar refractivity (Wildman–Crippen MR) is 72.5 cm³/mol. The zero-order valence-electron chi connectivity index (χ0n) is 9.75. The summed E-state index contributed by atoms with van der Waals surface area (Å²) in [6.45, 7) is 7.02. The molecule has 1 atom stereocenters. The molecule has 0 bridgehead atoms. The number of hydrogen-bond donors (Lipinski definition) is 1. The Kier molecular flexibility index (Phi) is 6.34. The van der Waals surface area contributed by atoms with Crippen molar-refractivity contribution in [2.45, 2.75) is 32.2 Å². The first-order valence-corrected chi connectivity index (χ1v) is 6.50. The van der Waals surface area contributed by atoms with Crippen LogP contribution in [0.15, 0.2) is 35.5 Å². The van der Waals surface area contributed by atoms with Gasteiger partial charge in [0.1, 0.15) is 0 Å².